The maximum atomic E-state index is 14.0. The van der Waals surface area contributed by atoms with Gasteiger partial charge in [-0.1, -0.05) is 30.3 Å². The van der Waals surface area contributed by atoms with Crippen LogP contribution in [0.2, 0.25) is 0 Å². The number of nitrogens with zero attached hydrogens (tertiary/aromatic N) is 2. The average Bonchev–Trinajstić information content (AvgIpc) is 3.91. The monoisotopic (exact) mass is 685 g/mol. The molecule has 1 aliphatic heterocycles. The smallest absolute Gasteiger partial charge is 0.246 e. The van der Waals surface area contributed by atoms with Crippen molar-refractivity contribution in [3.63, 3.8) is 0 Å². The number of ketones is 1. The molecule has 5 rings (SSSR count). The van der Waals surface area contributed by atoms with Crippen molar-refractivity contribution in [3.8, 4) is 5.75 Å². The summed E-state index contributed by atoms with van der Waals surface area (Å²) in [5.74, 6) is -3.82. The van der Waals surface area contributed by atoms with Gasteiger partial charge in [0, 0.05) is 36.3 Å². The predicted octanol–water partition coefficient (Wildman–Crippen LogP) is -0.861. The third-order valence-electron chi connectivity index (χ3n) is 8.51. The number of carbonyl (C=O) groups is 5. The first-order valence-corrected chi connectivity index (χ1v) is 15.9. The number of hydrogen-bond donors (Lipinski definition) is 8. The van der Waals surface area contributed by atoms with Gasteiger partial charge in [-0.3, -0.25) is 28.8 Å². The van der Waals surface area contributed by atoms with E-state index in [9.17, 15) is 39.0 Å². The largest absolute Gasteiger partial charge is 0.508 e. The van der Waals surface area contributed by atoms with Crippen LogP contribution in [-0.4, -0.2) is 109 Å². The molecule has 2 aromatic carbocycles. The molecule has 2 aromatic heterocycles. The molecule has 0 saturated carbocycles. The molecule has 9 N–H and O–H groups in total. The molecule has 16 heteroatoms. The van der Waals surface area contributed by atoms with Crippen LogP contribution < -0.4 is 21.7 Å². The SMILES string of the molecule is N[C@@H](Cc1c[nH]c2ccccc12)C(=O)N[C@@H](CO)C(=O)N[C@@H](Cc1ccc(O)cc1)C(=O)N1CCC[C@H]1C(=O)N[C@H]([C]=O)C(=O)c1c[nH]cn1. The molecule has 0 bridgehead atoms. The van der Waals surface area contributed by atoms with Gasteiger partial charge < -0.3 is 46.8 Å². The first-order chi connectivity index (χ1) is 24.1. The summed E-state index contributed by atoms with van der Waals surface area (Å²) < 4.78 is 0. The number of likely N-dealkylation sites (tertiary alicyclic amines) is 1. The van der Waals surface area contributed by atoms with Gasteiger partial charge in [0.05, 0.1) is 19.0 Å². The summed E-state index contributed by atoms with van der Waals surface area (Å²) in [5, 5.41) is 28.1. The van der Waals surface area contributed by atoms with Gasteiger partial charge in [-0.25, -0.2) is 4.98 Å². The van der Waals surface area contributed by atoms with Crippen LogP contribution in [0.3, 0.4) is 0 Å². The highest BCUT2D eigenvalue weighted by molar-refractivity contribution is 6.09. The number of aromatic hydroxyl groups is 1. The number of aliphatic hydroxyl groups is 1. The molecule has 1 radical (unpaired) electrons. The van der Waals surface area contributed by atoms with E-state index < -0.39 is 66.2 Å². The summed E-state index contributed by atoms with van der Waals surface area (Å²) in [7, 11) is 0. The number of hydrogen-bond acceptors (Lipinski definition) is 10. The topological polar surface area (TPSA) is 253 Å². The van der Waals surface area contributed by atoms with Crippen molar-refractivity contribution >= 4 is 46.6 Å². The van der Waals surface area contributed by atoms with Gasteiger partial charge in [-0.15, -0.1) is 0 Å². The highest BCUT2D eigenvalue weighted by atomic mass is 16.3. The van der Waals surface area contributed by atoms with Crippen molar-refractivity contribution in [2.24, 2.45) is 5.73 Å². The Morgan fingerprint density at radius 3 is 2.42 bits per heavy atom. The van der Waals surface area contributed by atoms with Crippen molar-refractivity contribution < 1.29 is 39.0 Å². The van der Waals surface area contributed by atoms with Crippen LogP contribution in [0.4, 0.5) is 0 Å². The molecule has 3 heterocycles. The maximum absolute atomic E-state index is 14.0. The second kappa shape index (κ2) is 16.0. The number of imidazole rings is 1. The van der Waals surface area contributed by atoms with Gasteiger partial charge in [0.1, 0.15) is 29.6 Å². The molecule has 50 heavy (non-hydrogen) atoms. The molecule has 5 atom stereocenters. The van der Waals surface area contributed by atoms with Crippen LogP contribution in [0.1, 0.15) is 34.5 Å². The fraction of sp³-hybridized carbons (Fsp3) is 0.324. The number of Topliss-reactive ketones (excluding diaryl/α,β-unsaturated/α-hetero) is 1. The zero-order valence-electron chi connectivity index (χ0n) is 26.8. The molecule has 0 unspecified atom stereocenters. The number of fused-ring (bicyclic) bond motifs is 1. The van der Waals surface area contributed by atoms with Crippen LogP contribution in [0.5, 0.6) is 5.75 Å². The Bertz CT molecular complexity index is 1840. The van der Waals surface area contributed by atoms with Crippen molar-refractivity contribution in [2.45, 2.75) is 55.9 Å². The number of aromatic amines is 2. The predicted molar refractivity (Wildman–Crippen MR) is 178 cm³/mol. The van der Waals surface area contributed by atoms with Gasteiger partial charge in [-0.2, -0.15) is 0 Å². The first kappa shape index (κ1) is 35.4. The molecule has 4 aromatic rings. The number of carbonyl (C=O) groups excluding carboxylic acids is 6. The van der Waals surface area contributed by atoms with E-state index in [4.69, 9.17) is 5.73 Å². The minimum absolute atomic E-state index is 0.0186. The molecule has 1 fully saturated rings. The van der Waals surface area contributed by atoms with E-state index in [0.29, 0.717) is 12.0 Å². The van der Waals surface area contributed by atoms with E-state index in [2.05, 4.69) is 30.9 Å². The van der Waals surface area contributed by atoms with Crippen LogP contribution in [0.25, 0.3) is 10.9 Å². The Morgan fingerprint density at radius 2 is 1.72 bits per heavy atom. The first-order valence-electron chi connectivity index (χ1n) is 15.9. The van der Waals surface area contributed by atoms with Crippen molar-refractivity contribution in [3.05, 3.63) is 84.1 Å². The van der Waals surface area contributed by atoms with E-state index in [1.807, 2.05) is 24.3 Å². The maximum Gasteiger partial charge on any atom is 0.246 e. The van der Waals surface area contributed by atoms with E-state index in [1.54, 1.807) is 18.3 Å². The number of H-pyrrole nitrogens is 2. The lowest BCUT2D eigenvalue weighted by Gasteiger charge is -2.30. The minimum atomic E-state index is -1.66. The Kier molecular flexibility index (Phi) is 11.4. The number of nitrogens with one attached hydrogen (secondary N) is 5. The van der Waals surface area contributed by atoms with Crippen molar-refractivity contribution in [1.29, 1.82) is 0 Å². The van der Waals surface area contributed by atoms with E-state index in [1.165, 1.54) is 35.8 Å². The fourth-order valence-corrected chi connectivity index (χ4v) is 5.88. The zero-order valence-corrected chi connectivity index (χ0v) is 26.8. The lowest BCUT2D eigenvalue weighted by atomic mass is 10.0. The summed E-state index contributed by atoms with van der Waals surface area (Å²) >= 11 is 0. The van der Waals surface area contributed by atoms with Gasteiger partial charge >= 0.3 is 0 Å². The average molecular weight is 686 g/mol. The lowest BCUT2D eigenvalue weighted by molar-refractivity contribution is -0.142. The highest BCUT2D eigenvalue weighted by Crippen LogP contribution is 2.21. The Hall–Kier alpha value is -5.87. The summed E-state index contributed by atoms with van der Waals surface area (Å²) in [6, 6.07) is 6.84. The third kappa shape index (κ3) is 8.22. The van der Waals surface area contributed by atoms with Crippen molar-refractivity contribution in [2.75, 3.05) is 13.2 Å². The molecular weight excluding hydrogens is 648 g/mol. The number of phenolic OH excluding ortho intramolecular Hbond substituents is 1. The number of aliphatic hydroxyl groups excluding tert-OH is 1. The molecule has 261 valence electrons. The Morgan fingerprint density at radius 1 is 0.980 bits per heavy atom. The van der Waals surface area contributed by atoms with Gasteiger partial charge in [0.25, 0.3) is 0 Å². The Balaban J connectivity index is 1.28. The van der Waals surface area contributed by atoms with Gasteiger partial charge in [0.2, 0.25) is 35.7 Å². The summed E-state index contributed by atoms with van der Waals surface area (Å²) in [6.45, 7) is -0.676. The summed E-state index contributed by atoms with van der Waals surface area (Å²) in [5.41, 5.74) is 8.30. The van der Waals surface area contributed by atoms with Crippen LogP contribution in [0, 0.1) is 0 Å². The lowest BCUT2D eigenvalue weighted by Crippen LogP contribution is -2.59. The second-order valence-corrected chi connectivity index (χ2v) is 11.9. The van der Waals surface area contributed by atoms with Crippen LogP contribution in [0.15, 0.2) is 67.3 Å². The van der Waals surface area contributed by atoms with Crippen LogP contribution in [-0.2, 0) is 36.8 Å². The fourth-order valence-electron chi connectivity index (χ4n) is 5.88. The molecule has 16 nitrogen and oxygen atoms in total. The number of benzene rings is 2. The van der Waals surface area contributed by atoms with E-state index in [0.717, 1.165) is 16.5 Å². The molecule has 0 aliphatic carbocycles. The minimum Gasteiger partial charge on any atom is -0.508 e. The standard InChI is InChI=1S/C34H37N8O8/c35-23(13-20-14-37-24-5-2-1-4-22(20)24)31(47)41-28(17-44)32(48)39-25(12-19-7-9-21(45)10-8-19)34(50)42-11-3-6-29(42)33(49)40-27(16-43)30(46)26-15-36-18-38-26/h1-2,4-5,7-10,14-15,18,23,25,27-29,37,44-45H,3,6,11-13,17,35H2,(H,36,38)(H,39,48)(H,40,49)(H,41,47)/t23-,25-,27+,28-,29-/m0/s1. The number of nitrogens with two attached hydrogens (primary N) is 1. The molecule has 1 saturated heterocycles. The van der Waals surface area contributed by atoms with Crippen molar-refractivity contribution in [1.82, 2.24) is 35.8 Å². The Labute approximate surface area is 285 Å². The molecule has 4 amide bonds. The molecule has 1 aliphatic rings. The molecular formula is C34H37N8O8. The number of para-hydroxylation sites is 1. The zero-order chi connectivity index (χ0) is 35.8. The van der Waals surface area contributed by atoms with E-state index >= 15 is 0 Å². The number of rotatable bonds is 15. The third-order valence-corrected chi connectivity index (χ3v) is 8.51. The quantitative estimate of drug-likeness (QED) is 0.0568. The highest BCUT2D eigenvalue weighted by Gasteiger charge is 2.40. The normalized spacial score (nSPS) is 16.6. The van der Waals surface area contributed by atoms with Gasteiger partial charge in [0.15, 0.2) is 6.04 Å². The second-order valence-electron chi connectivity index (χ2n) is 11.9. The number of phenols is 1. The summed E-state index contributed by atoms with van der Waals surface area (Å²) in [4.78, 5) is 88.8. The number of amides is 4. The number of aromatic nitrogens is 3. The van der Waals surface area contributed by atoms with Crippen LogP contribution >= 0.6 is 0 Å². The summed E-state index contributed by atoms with van der Waals surface area (Å²) in [6.07, 6.45) is 6.44. The van der Waals surface area contributed by atoms with Gasteiger partial charge in [-0.05, 0) is 48.6 Å². The molecule has 0 spiro atoms. The van der Waals surface area contributed by atoms with E-state index in [-0.39, 0.29) is 37.3 Å².